The van der Waals surface area contributed by atoms with Crippen molar-refractivity contribution in [3.8, 4) is 0 Å². The van der Waals surface area contributed by atoms with E-state index >= 15 is 0 Å². The van der Waals surface area contributed by atoms with Gasteiger partial charge in [-0.2, -0.15) is 13.2 Å². The lowest BCUT2D eigenvalue weighted by molar-refractivity contribution is -0.141. The number of rotatable bonds is 1. The molecule has 0 amide bonds. The molecule has 0 unspecified atom stereocenters. The largest absolute Gasteiger partial charge is 0.433 e. The van der Waals surface area contributed by atoms with E-state index in [0.717, 1.165) is 32.0 Å². The van der Waals surface area contributed by atoms with Gasteiger partial charge in [0.05, 0.1) is 0 Å². The van der Waals surface area contributed by atoms with E-state index in [9.17, 15) is 13.2 Å². The molecule has 0 bridgehead atoms. The molecule has 0 atom stereocenters. The Morgan fingerprint density at radius 1 is 1.19 bits per heavy atom. The number of aromatic nitrogens is 3. The second-order valence-electron chi connectivity index (χ2n) is 4.69. The number of alkyl halides is 3. The van der Waals surface area contributed by atoms with Gasteiger partial charge in [-0.25, -0.2) is 9.97 Å². The Bertz CT molecular complexity index is 594. The highest BCUT2D eigenvalue weighted by Crippen LogP contribution is 2.32. The average molecular weight is 343 g/mol. The standard InChI is InChI=1S/C12H13F3N4.2ClH/c13-12(14,15)10-7-9(8-1-3-16-4-2-8)19-6-5-17-11(19)18-10;;/h5-8,16H,1-4H2;2*1H. The van der Waals surface area contributed by atoms with Gasteiger partial charge in [-0.3, -0.25) is 4.40 Å². The number of imidazole rings is 1. The molecule has 2 aromatic rings. The van der Waals surface area contributed by atoms with E-state index in [-0.39, 0.29) is 36.5 Å². The maximum atomic E-state index is 12.9. The summed E-state index contributed by atoms with van der Waals surface area (Å²) in [4.78, 5) is 7.46. The highest BCUT2D eigenvalue weighted by atomic mass is 35.5. The summed E-state index contributed by atoms with van der Waals surface area (Å²) in [5.74, 6) is 0.227. The molecule has 1 fully saturated rings. The minimum atomic E-state index is -4.44. The summed E-state index contributed by atoms with van der Waals surface area (Å²) >= 11 is 0. The van der Waals surface area contributed by atoms with Gasteiger partial charge in [-0.05, 0) is 32.0 Å². The van der Waals surface area contributed by atoms with E-state index in [0.29, 0.717) is 5.69 Å². The molecule has 0 spiro atoms. The van der Waals surface area contributed by atoms with Gasteiger partial charge in [0.1, 0.15) is 5.69 Å². The van der Waals surface area contributed by atoms with Crippen LogP contribution in [0.2, 0.25) is 0 Å². The van der Waals surface area contributed by atoms with Crippen LogP contribution in [0.25, 0.3) is 5.78 Å². The molecule has 4 nitrogen and oxygen atoms in total. The topological polar surface area (TPSA) is 42.2 Å². The van der Waals surface area contributed by atoms with E-state index < -0.39 is 11.9 Å². The molecule has 0 radical (unpaired) electrons. The van der Waals surface area contributed by atoms with Gasteiger partial charge in [0, 0.05) is 24.0 Å². The first-order valence-electron chi connectivity index (χ1n) is 6.17. The lowest BCUT2D eigenvalue weighted by Crippen LogP contribution is -2.28. The first-order chi connectivity index (χ1) is 9.05. The maximum Gasteiger partial charge on any atom is 0.433 e. The molecule has 118 valence electrons. The molecule has 2 aromatic heterocycles. The summed E-state index contributed by atoms with van der Waals surface area (Å²) < 4.78 is 40.2. The predicted molar refractivity (Wildman–Crippen MR) is 77.3 cm³/mol. The van der Waals surface area contributed by atoms with Crippen LogP contribution >= 0.6 is 24.8 Å². The summed E-state index contributed by atoms with van der Waals surface area (Å²) in [6.45, 7) is 1.65. The smallest absolute Gasteiger partial charge is 0.317 e. The SMILES string of the molecule is Cl.Cl.FC(F)(F)c1cc(C2CCNCC2)n2ccnc2n1. The number of fused-ring (bicyclic) bond motifs is 1. The van der Waals surface area contributed by atoms with Crippen LogP contribution in [0.5, 0.6) is 0 Å². The first kappa shape index (κ1) is 18.0. The normalized spacial score (nSPS) is 16.3. The quantitative estimate of drug-likeness (QED) is 0.865. The Morgan fingerprint density at radius 3 is 2.48 bits per heavy atom. The van der Waals surface area contributed by atoms with Crippen molar-refractivity contribution in [3.63, 3.8) is 0 Å². The van der Waals surface area contributed by atoms with Crippen molar-refractivity contribution < 1.29 is 13.2 Å². The monoisotopic (exact) mass is 342 g/mol. The van der Waals surface area contributed by atoms with Crippen LogP contribution in [-0.4, -0.2) is 27.5 Å². The first-order valence-corrected chi connectivity index (χ1v) is 6.17. The van der Waals surface area contributed by atoms with Gasteiger partial charge < -0.3 is 5.32 Å². The molecule has 0 aliphatic carbocycles. The van der Waals surface area contributed by atoms with Crippen molar-refractivity contribution in [2.24, 2.45) is 0 Å². The van der Waals surface area contributed by atoms with Gasteiger partial charge in [-0.15, -0.1) is 24.8 Å². The summed E-state index contributed by atoms with van der Waals surface area (Å²) in [6.07, 6.45) is 0.367. The summed E-state index contributed by atoms with van der Waals surface area (Å²) in [5.41, 5.74) is -0.212. The Labute approximate surface area is 132 Å². The molecular formula is C12H15Cl2F3N4. The highest BCUT2D eigenvalue weighted by molar-refractivity contribution is 5.85. The van der Waals surface area contributed by atoms with Crippen LogP contribution in [0.1, 0.15) is 30.1 Å². The van der Waals surface area contributed by atoms with E-state index in [2.05, 4.69) is 15.3 Å². The van der Waals surface area contributed by atoms with Crippen LogP contribution in [0.3, 0.4) is 0 Å². The molecule has 1 aliphatic heterocycles. The number of nitrogens with one attached hydrogen (secondary N) is 1. The molecular weight excluding hydrogens is 328 g/mol. The number of halogens is 5. The van der Waals surface area contributed by atoms with Crippen molar-refractivity contribution in [2.45, 2.75) is 24.9 Å². The average Bonchev–Trinajstić information content (AvgIpc) is 2.85. The number of hydrogen-bond acceptors (Lipinski definition) is 3. The highest BCUT2D eigenvalue weighted by Gasteiger charge is 2.34. The Kier molecular flexibility index (Phi) is 5.83. The third-order valence-electron chi connectivity index (χ3n) is 3.45. The summed E-state index contributed by atoms with van der Waals surface area (Å²) in [5, 5.41) is 3.21. The molecule has 9 heteroatoms. The minimum Gasteiger partial charge on any atom is -0.317 e. The van der Waals surface area contributed by atoms with Crippen LogP contribution in [0, 0.1) is 0 Å². The van der Waals surface area contributed by atoms with Gasteiger partial charge in [-0.1, -0.05) is 0 Å². The molecule has 1 N–H and O–H groups in total. The van der Waals surface area contributed by atoms with Gasteiger partial charge in [0.15, 0.2) is 0 Å². The summed E-state index contributed by atoms with van der Waals surface area (Å²) in [7, 11) is 0. The predicted octanol–water partition coefficient (Wildman–Crippen LogP) is 3.06. The second-order valence-corrected chi connectivity index (χ2v) is 4.69. The van der Waals surface area contributed by atoms with Crippen molar-refractivity contribution >= 4 is 30.6 Å². The number of hydrogen-bond donors (Lipinski definition) is 1. The zero-order valence-electron chi connectivity index (χ0n) is 10.9. The molecule has 3 heterocycles. The van der Waals surface area contributed by atoms with Crippen LogP contribution in [0.4, 0.5) is 13.2 Å². The minimum absolute atomic E-state index is 0. The van der Waals surface area contributed by atoms with Crippen molar-refractivity contribution in [1.82, 2.24) is 19.7 Å². The number of piperidine rings is 1. The molecule has 0 saturated carbocycles. The van der Waals surface area contributed by atoms with Crippen LogP contribution in [-0.2, 0) is 6.18 Å². The van der Waals surface area contributed by atoms with Crippen LogP contribution < -0.4 is 5.32 Å². The zero-order valence-corrected chi connectivity index (χ0v) is 12.6. The van der Waals surface area contributed by atoms with Gasteiger partial charge in [0.2, 0.25) is 5.78 Å². The fraction of sp³-hybridized carbons (Fsp3) is 0.500. The van der Waals surface area contributed by atoms with Crippen molar-refractivity contribution in [1.29, 1.82) is 0 Å². The Balaban J connectivity index is 0.00000110. The Morgan fingerprint density at radius 2 is 1.86 bits per heavy atom. The molecule has 1 aliphatic rings. The van der Waals surface area contributed by atoms with E-state index in [4.69, 9.17) is 0 Å². The maximum absolute atomic E-state index is 12.9. The van der Waals surface area contributed by atoms with Crippen molar-refractivity contribution in [2.75, 3.05) is 13.1 Å². The third-order valence-corrected chi connectivity index (χ3v) is 3.45. The molecule has 0 aromatic carbocycles. The van der Waals surface area contributed by atoms with E-state index in [1.54, 1.807) is 10.6 Å². The van der Waals surface area contributed by atoms with Crippen LogP contribution in [0.15, 0.2) is 18.5 Å². The molecule has 3 rings (SSSR count). The lowest BCUT2D eigenvalue weighted by Gasteiger charge is -2.24. The zero-order chi connectivity index (χ0) is 13.5. The van der Waals surface area contributed by atoms with E-state index in [1.165, 1.54) is 6.20 Å². The second kappa shape index (κ2) is 6.81. The Hall–Kier alpha value is -1.05. The molecule has 1 saturated heterocycles. The fourth-order valence-corrected chi connectivity index (χ4v) is 2.51. The third kappa shape index (κ3) is 3.59. The summed E-state index contributed by atoms with van der Waals surface area (Å²) in [6, 6.07) is 1.16. The molecule has 21 heavy (non-hydrogen) atoms. The van der Waals surface area contributed by atoms with Gasteiger partial charge >= 0.3 is 6.18 Å². The number of nitrogens with zero attached hydrogens (tertiary/aromatic N) is 3. The lowest BCUT2D eigenvalue weighted by atomic mass is 9.94. The fourth-order valence-electron chi connectivity index (χ4n) is 2.51. The van der Waals surface area contributed by atoms with Gasteiger partial charge in [0.25, 0.3) is 0 Å². The van der Waals surface area contributed by atoms with E-state index in [1.807, 2.05) is 0 Å². The van der Waals surface area contributed by atoms with Crippen molar-refractivity contribution in [3.05, 3.63) is 29.8 Å².